The van der Waals surface area contributed by atoms with Gasteiger partial charge in [-0.1, -0.05) is 60.7 Å². The lowest BCUT2D eigenvalue weighted by atomic mass is 9.90. The van der Waals surface area contributed by atoms with Gasteiger partial charge in [0, 0.05) is 11.1 Å². The largest absolute Gasteiger partial charge is 0.485 e. The molecule has 1 aliphatic rings. The summed E-state index contributed by atoms with van der Waals surface area (Å²) in [6.45, 7) is 3.80. The van der Waals surface area contributed by atoms with Crippen molar-refractivity contribution < 1.29 is 19.1 Å². The number of hydrogen-bond acceptors (Lipinski definition) is 4. The first-order chi connectivity index (χ1) is 12.6. The number of esters is 1. The number of carbonyl (C=O) groups is 2. The van der Waals surface area contributed by atoms with E-state index in [0.29, 0.717) is 11.3 Å². The summed E-state index contributed by atoms with van der Waals surface area (Å²) >= 11 is 0. The summed E-state index contributed by atoms with van der Waals surface area (Å²) in [4.78, 5) is 25.8. The van der Waals surface area contributed by atoms with Gasteiger partial charge in [0.2, 0.25) is 0 Å². The highest BCUT2D eigenvalue weighted by Gasteiger charge is 2.32. The van der Waals surface area contributed by atoms with E-state index in [1.807, 2.05) is 43.3 Å². The minimum Gasteiger partial charge on any atom is -0.485 e. The fraction of sp³-hybridized carbons (Fsp3) is 0.182. The summed E-state index contributed by atoms with van der Waals surface area (Å²) in [5.74, 6) is -0.386. The van der Waals surface area contributed by atoms with Gasteiger partial charge in [-0.2, -0.15) is 0 Å². The van der Waals surface area contributed by atoms with Crippen LogP contribution in [0.25, 0.3) is 5.76 Å². The van der Waals surface area contributed by atoms with Gasteiger partial charge in [0.25, 0.3) is 0 Å². The van der Waals surface area contributed by atoms with E-state index in [2.05, 4.69) is 0 Å². The van der Waals surface area contributed by atoms with E-state index in [4.69, 9.17) is 9.47 Å². The van der Waals surface area contributed by atoms with E-state index in [1.165, 1.54) is 0 Å². The molecule has 132 valence electrons. The van der Waals surface area contributed by atoms with Crippen LogP contribution in [0.15, 0.2) is 77.9 Å². The molecule has 3 rings (SSSR count). The Morgan fingerprint density at radius 2 is 1.62 bits per heavy atom. The van der Waals surface area contributed by atoms with Crippen LogP contribution in [0.2, 0.25) is 0 Å². The highest BCUT2D eigenvalue weighted by molar-refractivity contribution is 6.21. The maximum atomic E-state index is 13.2. The van der Waals surface area contributed by atoms with Gasteiger partial charge in [0.05, 0.1) is 17.8 Å². The Hall–Kier alpha value is -3.14. The van der Waals surface area contributed by atoms with E-state index in [0.717, 1.165) is 5.56 Å². The highest BCUT2D eigenvalue weighted by Crippen LogP contribution is 2.34. The van der Waals surface area contributed by atoms with E-state index < -0.39 is 5.97 Å². The van der Waals surface area contributed by atoms with E-state index in [9.17, 15) is 9.59 Å². The molecule has 26 heavy (non-hydrogen) atoms. The quantitative estimate of drug-likeness (QED) is 0.601. The molecule has 0 aromatic heterocycles. The molecule has 1 atom stereocenters. The maximum Gasteiger partial charge on any atom is 0.338 e. The van der Waals surface area contributed by atoms with Crippen LogP contribution in [0.1, 0.15) is 29.8 Å². The highest BCUT2D eigenvalue weighted by atomic mass is 16.5. The van der Waals surface area contributed by atoms with Crippen molar-refractivity contribution in [2.24, 2.45) is 0 Å². The van der Waals surface area contributed by atoms with Crippen LogP contribution in [-0.4, -0.2) is 24.5 Å². The SMILES string of the molecule is CCOC(=O)C1=CC(C)OC(c2ccccc2)=C1C(=O)c1ccccc1. The van der Waals surface area contributed by atoms with Gasteiger partial charge in [0.1, 0.15) is 11.9 Å². The third-order valence-corrected chi connectivity index (χ3v) is 4.00. The lowest BCUT2D eigenvalue weighted by molar-refractivity contribution is -0.138. The van der Waals surface area contributed by atoms with Crippen molar-refractivity contribution in [2.75, 3.05) is 6.61 Å². The third-order valence-electron chi connectivity index (χ3n) is 4.00. The van der Waals surface area contributed by atoms with Crippen molar-refractivity contribution in [2.45, 2.75) is 20.0 Å². The molecule has 1 unspecified atom stereocenters. The molecule has 0 bridgehead atoms. The first-order valence-electron chi connectivity index (χ1n) is 8.57. The number of benzene rings is 2. The Bertz CT molecular complexity index is 864. The minimum atomic E-state index is -0.518. The van der Waals surface area contributed by atoms with Gasteiger partial charge in [0.15, 0.2) is 5.78 Å². The molecular formula is C22H20O4. The van der Waals surface area contributed by atoms with Crippen molar-refractivity contribution in [1.29, 1.82) is 0 Å². The molecule has 0 amide bonds. The number of hydrogen-bond donors (Lipinski definition) is 0. The molecule has 0 aliphatic carbocycles. The van der Waals surface area contributed by atoms with Gasteiger partial charge in [-0.15, -0.1) is 0 Å². The van der Waals surface area contributed by atoms with Crippen molar-refractivity contribution in [3.05, 3.63) is 89.0 Å². The van der Waals surface area contributed by atoms with Crippen LogP contribution >= 0.6 is 0 Å². The van der Waals surface area contributed by atoms with Crippen LogP contribution < -0.4 is 0 Å². The summed E-state index contributed by atoms with van der Waals surface area (Å²) in [5, 5.41) is 0. The fourth-order valence-electron chi connectivity index (χ4n) is 2.86. The average Bonchev–Trinajstić information content (AvgIpc) is 2.68. The van der Waals surface area contributed by atoms with E-state index in [1.54, 1.807) is 37.3 Å². The Kier molecular flexibility index (Phi) is 5.32. The average molecular weight is 348 g/mol. The number of carbonyl (C=O) groups excluding carboxylic acids is 2. The zero-order valence-electron chi connectivity index (χ0n) is 14.8. The first-order valence-corrected chi connectivity index (χ1v) is 8.57. The molecule has 2 aromatic rings. The molecule has 0 fully saturated rings. The van der Waals surface area contributed by atoms with Crippen LogP contribution in [0, 0.1) is 0 Å². The zero-order chi connectivity index (χ0) is 18.5. The Balaban J connectivity index is 2.19. The standard InChI is InChI=1S/C22H20O4/c1-3-25-22(24)18-14-15(2)26-21(17-12-8-5-9-13-17)19(18)20(23)16-10-6-4-7-11-16/h4-15H,3H2,1-2H3. The monoisotopic (exact) mass is 348 g/mol. The molecule has 0 saturated heterocycles. The molecular weight excluding hydrogens is 328 g/mol. The zero-order valence-corrected chi connectivity index (χ0v) is 14.8. The van der Waals surface area contributed by atoms with Crippen LogP contribution in [0.3, 0.4) is 0 Å². The molecule has 4 nitrogen and oxygen atoms in total. The van der Waals surface area contributed by atoms with Crippen molar-refractivity contribution >= 4 is 17.5 Å². The number of ether oxygens (including phenoxy) is 2. The lowest BCUT2D eigenvalue weighted by Crippen LogP contribution is -2.24. The van der Waals surface area contributed by atoms with Crippen LogP contribution in [0.5, 0.6) is 0 Å². The summed E-state index contributed by atoms with van der Waals surface area (Å²) in [5.41, 5.74) is 1.72. The van der Waals surface area contributed by atoms with Crippen molar-refractivity contribution in [3.8, 4) is 0 Å². The van der Waals surface area contributed by atoms with Crippen LogP contribution in [0.4, 0.5) is 0 Å². The van der Waals surface area contributed by atoms with E-state index in [-0.39, 0.29) is 29.6 Å². The second-order valence-corrected chi connectivity index (χ2v) is 5.89. The predicted molar refractivity (Wildman–Crippen MR) is 99.4 cm³/mol. The summed E-state index contributed by atoms with van der Waals surface area (Å²) in [6, 6.07) is 18.2. The van der Waals surface area contributed by atoms with Crippen LogP contribution in [-0.2, 0) is 14.3 Å². The van der Waals surface area contributed by atoms with Gasteiger partial charge >= 0.3 is 5.97 Å². The normalized spacial score (nSPS) is 16.5. The topological polar surface area (TPSA) is 52.6 Å². The second kappa shape index (κ2) is 7.83. The van der Waals surface area contributed by atoms with Gasteiger partial charge in [-0.25, -0.2) is 4.79 Å². The molecule has 4 heteroatoms. The number of rotatable bonds is 5. The Labute approximate surface area is 152 Å². The molecule has 1 aliphatic heterocycles. The van der Waals surface area contributed by atoms with Gasteiger partial charge < -0.3 is 9.47 Å². The predicted octanol–water partition coefficient (Wildman–Crippen LogP) is 4.19. The fourth-order valence-corrected chi connectivity index (χ4v) is 2.86. The Morgan fingerprint density at radius 1 is 1.00 bits per heavy atom. The first kappa shape index (κ1) is 17.7. The molecule has 1 heterocycles. The molecule has 0 radical (unpaired) electrons. The van der Waals surface area contributed by atoms with Crippen molar-refractivity contribution in [1.82, 2.24) is 0 Å². The summed E-state index contributed by atoms with van der Waals surface area (Å²) < 4.78 is 11.1. The van der Waals surface area contributed by atoms with Crippen molar-refractivity contribution in [3.63, 3.8) is 0 Å². The molecule has 0 saturated carbocycles. The summed E-state index contributed by atoms with van der Waals surface area (Å²) in [6.07, 6.45) is 1.29. The smallest absolute Gasteiger partial charge is 0.338 e. The Morgan fingerprint density at radius 3 is 2.23 bits per heavy atom. The summed E-state index contributed by atoms with van der Waals surface area (Å²) in [7, 11) is 0. The van der Waals surface area contributed by atoms with Gasteiger partial charge in [-0.05, 0) is 19.9 Å². The molecule has 2 aromatic carbocycles. The van der Waals surface area contributed by atoms with Gasteiger partial charge in [-0.3, -0.25) is 4.79 Å². The van der Waals surface area contributed by atoms with E-state index >= 15 is 0 Å². The molecule has 0 N–H and O–H groups in total. The molecule has 0 spiro atoms. The minimum absolute atomic E-state index is 0.235. The number of Topliss-reactive ketones (excluding diaryl/α,β-unsaturated/α-hetero) is 1. The second-order valence-electron chi connectivity index (χ2n) is 5.89. The lowest BCUT2D eigenvalue weighted by Gasteiger charge is -2.25. The number of ketones is 1. The third kappa shape index (κ3) is 3.59. The maximum absolute atomic E-state index is 13.2.